The first-order valence-corrected chi connectivity index (χ1v) is 9.31. The van der Waals surface area contributed by atoms with E-state index in [1.54, 1.807) is 29.1 Å². The van der Waals surface area contributed by atoms with Crippen molar-refractivity contribution < 1.29 is 5.21 Å². The molecule has 0 saturated heterocycles. The van der Waals surface area contributed by atoms with Crippen LogP contribution < -0.4 is 11.2 Å². The maximum Gasteiger partial charge on any atom is 0.365 e. The highest BCUT2D eigenvalue weighted by atomic mass is 79.9. The molecule has 9 heteroatoms. The van der Waals surface area contributed by atoms with Gasteiger partial charge in [0.25, 0.3) is 5.56 Å². The van der Waals surface area contributed by atoms with Crippen LogP contribution in [-0.2, 0) is 13.1 Å². The van der Waals surface area contributed by atoms with Gasteiger partial charge in [0.05, 0.1) is 30.2 Å². The monoisotopic (exact) mass is 441 g/mol. The summed E-state index contributed by atoms with van der Waals surface area (Å²) in [6.45, 7) is 2.66. The fourth-order valence-corrected chi connectivity index (χ4v) is 3.46. The molecule has 0 saturated carbocycles. The average molecular weight is 442 g/mol. The number of benzene rings is 2. The van der Waals surface area contributed by atoms with Crippen LogP contribution in [0.25, 0.3) is 10.9 Å². The molecule has 0 aliphatic carbocycles. The van der Waals surface area contributed by atoms with Gasteiger partial charge in [-0.15, -0.1) is 5.10 Å². The number of hydrogen-bond acceptors (Lipinski definition) is 5. The molecule has 2 heterocycles. The third kappa shape index (κ3) is 3.24. The van der Waals surface area contributed by atoms with E-state index in [0.29, 0.717) is 22.2 Å². The van der Waals surface area contributed by atoms with E-state index in [1.165, 1.54) is 4.57 Å². The maximum atomic E-state index is 12.4. The highest BCUT2D eigenvalue weighted by molar-refractivity contribution is 9.10. The van der Waals surface area contributed by atoms with Gasteiger partial charge in [0, 0.05) is 4.47 Å². The summed E-state index contributed by atoms with van der Waals surface area (Å²) in [5, 5.41) is 18.4. The second kappa shape index (κ2) is 7.08. The number of halogens is 1. The fourth-order valence-electron chi connectivity index (χ4n) is 3.10. The number of nitrogens with zero attached hydrogens (tertiary/aromatic N) is 5. The van der Waals surface area contributed by atoms with Crippen LogP contribution in [0.4, 0.5) is 0 Å². The minimum Gasteiger partial charge on any atom is -0.421 e. The summed E-state index contributed by atoms with van der Waals surface area (Å²) in [5.74, 6) is 0. The molecule has 0 atom stereocenters. The smallest absolute Gasteiger partial charge is 0.365 e. The van der Waals surface area contributed by atoms with Gasteiger partial charge in [-0.05, 0) is 36.2 Å². The van der Waals surface area contributed by atoms with E-state index in [-0.39, 0.29) is 16.7 Å². The molecule has 0 aliphatic heterocycles. The van der Waals surface area contributed by atoms with Gasteiger partial charge in [-0.3, -0.25) is 9.36 Å². The summed E-state index contributed by atoms with van der Waals surface area (Å²) in [6, 6.07) is 12.9. The predicted octanol–water partition coefficient (Wildman–Crippen LogP) is 2.16. The lowest BCUT2D eigenvalue weighted by Crippen LogP contribution is -2.39. The van der Waals surface area contributed by atoms with Crippen molar-refractivity contribution in [2.75, 3.05) is 0 Å². The first-order chi connectivity index (χ1) is 13.4. The molecule has 0 spiro atoms. The lowest BCUT2D eigenvalue weighted by atomic mass is 10.1. The van der Waals surface area contributed by atoms with E-state index in [4.69, 9.17) is 0 Å². The van der Waals surface area contributed by atoms with Crippen molar-refractivity contribution >= 4 is 26.8 Å². The van der Waals surface area contributed by atoms with E-state index in [1.807, 2.05) is 31.2 Å². The highest BCUT2D eigenvalue weighted by Gasteiger charge is 2.14. The summed E-state index contributed by atoms with van der Waals surface area (Å²) >= 11 is 3.30. The Balaban J connectivity index is 1.72. The fraction of sp³-hybridized carbons (Fsp3) is 0.158. The lowest BCUT2D eigenvalue weighted by Gasteiger charge is -2.10. The lowest BCUT2D eigenvalue weighted by molar-refractivity contribution is 0.158. The number of rotatable bonds is 4. The Morgan fingerprint density at radius 1 is 1.11 bits per heavy atom. The van der Waals surface area contributed by atoms with Gasteiger partial charge in [-0.1, -0.05) is 50.1 Å². The van der Waals surface area contributed by atoms with E-state index >= 15 is 0 Å². The molecule has 2 aromatic heterocycles. The summed E-state index contributed by atoms with van der Waals surface area (Å²) in [4.78, 5) is 24.6. The molecule has 4 aromatic rings. The number of aromatic nitrogens is 5. The Morgan fingerprint density at radius 3 is 2.68 bits per heavy atom. The molecule has 0 bridgehead atoms. The van der Waals surface area contributed by atoms with Crippen molar-refractivity contribution in [3.05, 3.63) is 90.8 Å². The molecule has 8 nitrogen and oxygen atoms in total. The zero-order valence-corrected chi connectivity index (χ0v) is 16.5. The molecule has 2 aromatic carbocycles. The Kier molecular flexibility index (Phi) is 4.60. The molecule has 0 radical (unpaired) electrons. The normalized spacial score (nSPS) is 11.2. The highest BCUT2D eigenvalue weighted by Crippen LogP contribution is 2.16. The molecule has 1 N–H and O–H groups in total. The minimum absolute atomic E-state index is 0.0750. The van der Waals surface area contributed by atoms with Crippen LogP contribution in [0.2, 0.25) is 0 Å². The number of fused-ring (bicyclic) bond motifs is 1. The topological polar surface area (TPSA) is 94.9 Å². The molecule has 4 rings (SSSR count). The van der Waals surface area contributed by atoms with Crippen molar-refractivity contribution in [3.63, 3.8) is 0 Å². The Labute approximate surface area is 167 Å². The van der Waals surface area contributed by atoms with Crippen molar-refractivity contribution in [1.29, 1.82) is 0 Å². The second-order valence-electron chi connectivity index (χ2n) is 6.48. The van der Waals surface area contributed by atoms with Gasteiger partial charge >= 0.3 is 5.69 Å². The van der Waals surface area contributed by atoms with Crippen LogP contribution in [0.3, 0.4) is 0 Å². The molecule has 0 amide bonds. The van der Waals surface area contributed by atoms with Gasteiger partial charge in [-0.25, -0.2) is 9.48 Å². The Hall–Kier alpha value is -3.20. The quantitative estimate of drug-likeness (QED) is 0.489. The number of aryl methyl sites for hydroxylation is 1. The zero-order chi connectivity index (χ0) is 19.8. The Morgan fingerprint density at radius 2 is 1.89 bits per heavy atom. The third-order valence-electron chi connectivity index (χ3n) is 4.58. The summed E-state index contributed by atoms with van der Waals surface area (Å²) in [5.41, 5.74) is 1.64. The Bertz CT molecular complexity index is 1310. The molecular weight excluding hydrogens is 426 g/mol. The van der Waals surface area contributed by atoms with Gasteiger partial charge < -0.3 is 5.21 Å². The van der Waals surface area contributed by atoms with Crippen LogP contribution in [0.1, 0.15) is 16.8 Å². The zero-order valence-electron chi connectivity index (χ0n) is 14.9. The standard InChI is InChI=1S/C19H16BrN5O3/c1-12-4-2-3-5-13(12)9-23-10-15(21-22-23)11-24-17-7-6-14(20)8-16(17)18(26)25(28)19(24)27/h2-8,10,28H,9,11H2,1H3. The first-order valence-electron chi connectivity index (χ1n) is 8.52. The van der Waals surface area contributed by atoms with Gasteiger partial charge in [-0.2, -0.15) is 0 Å². The van der Waals surface area contributed by atoms with E-state index in [0.717, 1.165) is 11.1 Å². The number of hydrogen-bond donors (Lipinski definition) is 1. The molecule has 0 unspecified atom stereocenters. The molecule has 28 heavy (non-hydrogen) atoms. The summed E-state index contributed by atoms with van der Waals surface area (Å²) in [7, 11) is 0. The van der Waals surface area contributed by atoms with Crippen molar-refractivity contribution in [2.45, 2.75) is 20.0 Å². The van der Waals surface area contributed by atoms with Crippen LogP contribution in [0.5, 0.6) is 0 Å². The largest absolute Gasteiger partial charge is 0.421 e. The van der Waals surface area contributed by atoms with E-state index < -0.39 is 11.2 Å². The van der Waals surface area contributed by atoms with Gasteiger partial charge in [0.1, 0.15) is 5.69 Å². The molecule has 0 aliphatic rings. The average Bonchev–Trinajstić information content (AvgIpc) is 3.12. The molecular formula is C19H16BrN5O3. The van der Waals surface area contributed by atoms with Crippen LogP contribution >= 0.6 is 15.9 Å². The van der Waals surface area contributed by atoms with Crippen molar-refractivity contribution in [2.24, 2.45) is 0 Å². The summed E-state index contributed by atoms with van der Waals surface area (Å²) in [6.07, 6.45) is 1.75. The van der Waals surface area contributed by atoms with Crippen molar-refractivity contribution in [3.8, 4) is 0 Å². The molecule has 0 fully saturated rings. The maximum absolute atomic E-state index is 12.4. The van der Waals surface area contributed by atoms with Crippen LogP contribution in [0, 0.1) is 6.92 Å². The molecule has 142 valence electrons. The minimum atomic E-state index is -0.826. The van der Waals surface area contributed by atoms with Gasteiger partial charge in [0.15, 0.2) is 0 Å². The van der Waals surface area contributed by atoms with Crippen molar-refractivity contribution in [1.82, 2.24) is 24.3 Å². The van der Waals surface area contributed by atoms with Crippen LogP contribution in [0.15, 0.2) is 62.7 Å². The van der Waals surface area contributed by atoms with E-state index in [9.17, 15) is 14.8 Å². The second-order valence-corrected chi connectivity index (χ2v) is 7.40. The van der Waals surface area contributed by atoms with Crippen LogP contribution in [-0.4, -0.2) is 29.5 Å². The van der Waals surface area contributed by atoms with E-state index in [2.05, 4.69) is 26.2 Å². The SMILES string of the molecule is Cc1ccccc1Cn1cc(Cn2c(=O)n(O)c(=O)c3cc(Br)ccc32)nn1. The predicted molar refractivity (Wildman–Crippen MR) is 107 cm³/mol. The summed E-state index contributed by atoms with van der Waals surface area (Å²) < 4.78 is 3.78. The van der Waals surface area contributed by atoms with Gasteiger partial charge in [0.2, 0.25) is 0 Å². The third-order valence-corrected chi connectivity index (χ3v) is 5.08. The first kappa shape index (κ1) is 18.2.